The number of benzene rings is 2. The van der Waals surface area contributed by atoms with Crippen LogP contribution in [0.4, 0.5) is 5.69 Å². The molecule has 0 spiro atoms. The number of aryl methyl sites for hydroxylation is 1. The number of rotatable bonds is 19. The Morgan fingerprint density at radius 1 is 0.854 bits per heavy atom. The van der Waals surface area contributed by atoms with Gasteiger partial charge in [0.1, 0.15) is 5.75 Å². The first-order valence-corrected chi connectivity index (χ1v) is 16.0. The second-order valence-electron chi connectivity index (χ2n) is 10.7. The van der Waals surface area contributed by atoms with Gasteiger partial charge in [-0.3, -0.25) is 9.59 Å². The maximum absolute atomic E-state index is 12.8. The highest BCUT2D eigenvalue weighted by atomic mass is 79.9. The fraction of sp³-hybridized carbons (Fsp3) is 0.500. The standard InChI is InChI=1S/C34H46N2O3S.BrH/c1-4-5-6-7-8-9-10-11-12-13-14-15-23-39-33-21-20-31(25-32(33)27(2)37)35-34(38)30-18-16-29(17-19-30)26-36-22-24-40-28(36)3;/h16-22,24-25H,4-15,23,26H2,1-3H3;1H. The Hall–Kier alpha value is -2.51. The van der Waals surface area contributed by atoms with Crippen molar-refractivity contribution in [2.45, 2.75) is 104 Å². The number of carbonyl (C=O) groups is 2. The SMILES string of the molecule is CCCCCCCCCCCCCCOc1ccc(NC(=O)c2ccc(C[n+]3ccsc3C)cc2)cc1C(C)=O.[Br-]. The highest BCUT2D eigenvalue weighted by molar-refractivity contribution is 7.09. The molecule has 0 fully saturated rings. The third-order valence-electron chi connectivity index (χ3n) is 7.33. The zero-order chi connectivity index (χ0) is 28.6. The summed E-state index contributed by atoms with van der Waals surface area (Å²) in [5.74, 6) is 0.302. The molecule has 0 saturated carbocycles. The van der Waals surface area contributed by atoms with Crippen LogP contribution < -0.4 is 31.6 Å². The molecule has 3 rings (SSSR count). The number of amides is 1. The normalized spacial score (nSPS) is 10.7. The van der Waals surface area contributed by atoms with E-state index < -0.39 is 0 Å². The maximum Gasteiger partial charge on any atom is 0.255 e. The van der Waals surface area contributed by atoms with Crippen LogP contribution in [0.5, 0.6) is 5.75 Å². The van der Waals surface area contributed by atoms with Crippen molar-refractivity contribution in [2.24, 2.45) is 0 Å². The number of hydrogen-bond acceptors (Lipinski definition) is 4. The lowest BCUT2D eigenvalue weighted by Crippen LogP contribution is -3.00. The Labute approximate surface area is 261 Å². The molecule has 0 aliphatic carbocycles. The van der Waals surface area contributed by atoms with Gasteiger partial charge in [0.2, 0.25) is 5.01 Å². The molecule has 224 valence electrons. The van der Waals surface area contributed by atoms with E-state index in [-0.39, 0.29) is 28.7 Å². The van der Waals surface area contributed by atoms with Gasteiger partial charge in [0.15, 0.2) is 18.5 Å². The summed E-state index contributed by atoms with van der Waals surface area (Å²) < 4.78 is 8.15. The van der Waals surface area contributed by atoms with E-state index in [9.17, 15) is 9.59 Å². The van der Waals surface area contributed by atoms with Crippen molar-refractivity contribution in [3.8, 4) is 5.75 Å². The van der Waals surface area contributed by atoms with Crippen LogP contribution in [-0.2, 0) is 6.54 Å². The molecule has 1 heterocycles. The topological polar surface area (TPSA) is 59.3 Å². The number of ketones is 1. The summed E-state index contributed by atoms with van der Waals surface area (Å²) in [4.78, 5) is 25.1. The van der Waals surface area contributed by atoms with E-state index in [1.165, 1.54) is 76.1 Å². The number of hydrogen-bond donors (Lipinski definition) is 1. The first kappa shape index (κ1) is 34.7. The highest BCUT2D eigenvalue weighted by Crippen LogP contribution is 2.24. The van der Waals surface area contributed by atoms with Crippen molar-refractivity contribution in [1.29, 1.82) is 0 Å². The number of nitrogens with zero attached hydrogens (tertiary/aromatic N) is 1. The van der Waals surface area contributed by atoms with Gasteiger partial charge in [-0.2, -0.15) is 4.57 Å². The van der Waals surface area contributed by atoms with E-state index in [1.54, 1.807) is 29.5 Å². The van der Waals surface area contributed by atoms with Crippen LogP contribution >= 0.6 is 11.3 Å². The predicted molar refractivity (Wildman–Crippen MR) is 166 cm³/mol. The Kier molecular flexibility index (Phi) is 16.6. The number of anilines is 1. The number of thiazole rings is 1. The van der Waals surface area contributed by atoms with Gasteiger partial charge in [-0.1, -0.05) is 101 Å². The minimum absolute atomic E-state index is 0. The summed E-state index contributed by atoms with van der Waals surface area (Å²) in [6.45, 7) is 7.26. The number of ether oxygens (including phenoxy) is 1. The molecule has 0 aliphatic rings. The van der Waals surface area contributed by atoms with Crippen molar-refractivity contribution in [3.05, 3.63) is 75.7 Å². The lowest BCUT2D eigenvalue weighted by atomic mass is 10.1. The average molecular weight is 644 g/mol. The van der Waals surface area contributed by atoms with Crippen LogP contribution in [0.2, 0.25) is 0 Å². The van der Waals surface area contributed by atoms with Crippen molar-refractivity contribution in [2.75, 3.05) is 11.9 Å². The molecule has 7 heteroatoms. The summed E-state index contributed by atoms with van der Waals surface area (Å²) in [6.07, 6.45) is 17.6. The number of nitrogens with one attached hydrogen (secondary N) is 1. The van der Waals surface area contributed by atoms with Gasteiger partial charge in [-0.05, 0) is 43.7 Å². The van der Waals surface area contributed by atoms with Crippen LogP contribution in [0.3, 0.4) is 0 Å². The summed E-state index contributed by atoms with van der Waals surface area (Å²) in [5.41, 5.74) is 2.79. The maximum atomic E-state index is 12.8. The van der Waals surface area contributed by atoms with E-state index >= 15 is 0 Å². The van der Waals surface area contributed by atoms with Crippen molar-refractivity contribution in [3.63, 3.8) is 0 Å². The number of halogens is 1. The monoisotopic (exact) mass is 642 g/mol. The molecular formula is C34H47BrN2O3S. The molecule has 1 amide bonds. The Morgan fingerprint density at radius 2 is 1.46 bits per heavy atom. The zero-order valence-corrected chi connectivity index (χ0v) is 27.5. The largest absolute Gasteiger partial charge is 1.00 e. The lowest BCUT2D eigenvalue weighted by molar-refractivity contribution is -0.689. The molecule has 41 heavy (non-hydrogen) atoms. The van der Waals surface area contributed by atoms with Gasteiger partial charge in [-0.25, -0.2) is 0 Å². The van der Waals surface area contributed by atoms with Gasteiger partial charge in [0, 0.05) is 23.7 Å². The summed E-state index contributed by atoms with van der Waals surface area (Å²) >= 11 is 1.71. The van der Waals surface area contributed by atoms with Crippen molar-refractivity contribution >= 4 is 28.7 Å². The Bertz CT molecular complexity index is 1190. The molecule has 1 aromatic heterocycles. The molecule has 5 nitrogen and oxygen atoms in total. The second kappa shape index (κ2) is 19.6. The molecule has 0 unspecified atom stereocenters. The molecule has 0 radical (unpaired) electrons. The lowest BCUT2D eigenvalue weighted by Gasteiger charge is -2.12. The minimum Gasteiger partial charge on any atom is -1.00 e. The van der Waals surface area contributed by atoms with Gasteiger partial charge in [-0.15, -0.1) is 0 Å². The molecule has 0 aliphatic heterocycles. The fourth-order valence-electron chi connectivity index (χ4n) is 4.83. The molecule has 0 bridgehead atoms. The zero-order valence-electron chi connectivity index (χ0n) is 25.1. The highest BCUT2D eigenvalue weighted by Gasteiger charge is 2.14. The third kappa shape index (κ3) is 12.5. The molecule has 3 aromatic rings. The van der Waals surface area contributed by atoms with E-state index in [0.29, 0.717) is 29.2 Å². The second-order valence-corrected chi connectivity index (χ2v) is 11.8. The predicted octanol–water partition coefficient (Wildman–Crippen LogP) is 5.93. The third-order valence-corrected chi connectivity index (χ3v) is 8.16. The van der Waals surface area contributed by atoms with Gasteiger partial charge in [0.25, 0.3) is 5.91 Å². The molecule has 2 aromatic carbocycles. The van der Waals surface area contributed by atoms with E-state index in [1.807, 2.05) is 24.3 Å². The van der Waals surface area contributed by atoms with E-state index in [2.05, 4.69) is 35.3 Å². The van der Waals surface area contributed by atoms with Crippen LogP contribution in [0.1, 0.15) is 122 Å². The van der Waals surface area contributed by atoms with E-state index in [4.69, 9.17) is 4.74 Å². The van der Waals surface area contributed by atoms with Crippen molar-refractivity contribution in [1.82, 2.24) is 0 Å². The van der Waals surface area contributed by atoms with Gasteiger partial charge in [0.05, 0.1) is 17.6 Å². The number of aromatic nitrogens is 1. The number of Topliss-reactive ketones (excluding diaryl/α,β-unsaturated/α-hetero) is 1. The molecular weight excluding hydrogens is 596 g/mol. The number of carbonyl (C=O) groups excluding carboxylic acids is 2. The summed E-state index contributed by atoms with van der Waals surface area (Å²) in [6, 6.07) is 12.9. The van der Waals surface area contributed by atoms with Gasteiger partial charge < -0.3 is 27.0 Å². The van der Waals surface area contributed by atoms with Crippen LogP contribution in [0, 0.1) is 6.92 Å². The smallest absolute Gasteiger partial charge is 0.255 e. The molecule has 0 saturated heterocycles. The average Bonchev–Trinajstić information content (AvgIpc) is 3.36. The van der Waals surface area contributed by atoms with E-state index in [0.717, 1.165) is 24.9 Å². The van der Waals surface area contributed by atoms with Crippen LogP contribution in [0.25, 0.3) is 0 Å². The Balaban J connectivity index is 0.00000588. The summed E-state index contributed by atoms with van der Waals surface area (Å²) in [7, 11) is 0. The first-order valence-electron chi connectivity index (χ1n) is 15.1. The van der Waals surface area contributed by atoms with Crippen LogP contribution in [-0.4, -0.2) is 18.3 Å². The fourth-order valence-corrected chi connectivity index (χ4v) is 5.50. The summed E-state index contributed by atoms with van der Waals surface area (Å²) in [5, 5.41) is 6.23. The minimum atomic E-state index is -0.203. The number of unbranched alkanes of at least 4 members (excludes halogenated alkanes) is 11. The molecule has 1 N–H and O–H groups in total. The van der Waals surface area contributed by atoms with Crippen LogP contribution in [0.15, 0.2) is 54.0 Å². The quantitative estimate of drug-likeness (QED) is 0.100. The molecule has 0 atom stereocenters. The first-order chi connectivity index (χ1) is 19.5. The van der Waals surface area contributed by atoms with Crippen molar-refractivity contribution < 1.29 is 35.9 Å². The van der Waals surface area contributed by atoms with Gasteiger partial charge >= 0.3 is 0 Å². The Morgan fingerprint density at radius 3 is 2.02 bits per heavy atom.